The van der Waals surface area contributed by atoms with Crippen molar-refractivity contribution in [1.29, 1.82) is 0 Å². The smallest absolute Gasteiger partial charge is 0.192 e. The first-order chi connectivity index (χ1) is 5.66. The lowest BCUT2D eigenvalue weighted by atomic mass is 10.2. The number of nitrogens with zero attached hydrogens (tertiary/aromatic N) is 1. The summed E-state index contributed by atoms with van der Waals surface area (Å²) in [6, 6.07) is 3.39. The third-order valence-corrected chi connectivity index (χ3v) is 1.81. The SMILES string of the molecule is Cc1nc2cc(O)c(C)cc2o1. The van der Waals surface area contributed by atoms with Gasteiger partial charge < -0.3 is 9.52 Å². The van der Waals surface area contributed by atoms with Crippen LogP contribution in [0.5, 0.6) is 5.75 Å². The van der Waals surface area contributed by atoms with Gasteiger partial charge in [0.25, 0.3) is 0 Å². The molecule has 0 unspecified atom stereocenters. The fourth-order valence-corrected chi connectivity index (χ4v) is 1.18. The first-order valence-corrected chi connectivity index (χ1v) is 3.73. The molecule has 0 amide bonds. The van der Waals surface area contributed by atoms with Gasteiger partial charge in [0.05, 0.1) is 0 Å². The molecule has 0 aliphatic rings. The highest BCUT2D eigenvalue weighted by Gasteiger charge is 2.04. The van der Waals surface area contributed by atoms with Gasteiger partial charge in [-0.15, -0.1) is 0 Å². The predicted octanol–water partition coefficient (Wildman–Crippen LogP) is 2.15. The summed E-state index contributed by atoms with van der Waals surface area (Å²) >= 11 is 0. The van der Waals surface area contributed by atoms with Gasteiger partial charge >= 0.3 is 0 Å². The zero-order valence-electron chi connectivity index (χ0n) is 6.96. The molecular weight excluding hydrogens is 154 g/mol. The van der Waals surface area contributed by atoms with E-state index in [2.05, 4.69) is 4.98 Å². The molecule has 0 aliphatic heterocycles. The molecule has 3 heteroatoms. The van der Waals surface area contributed by atoms with Gasteiger partial charge in [0.15, 0.2) is 11.5 Å². The van der Waals surface area contributed by atoms with Gasteiger partial charge in [0, 0.05) is 13.0 Å². The van der Waals surface area contributed by atoms with Gasteiger partial charge in [-0.1, -0.05) is 0 Å². The quantitative estimate of drug-likeness (QED) is 0.647. The lowest BCUT2D eigenvalue weighted by molar-refractivity contribution is 0.471. The van der Waals surface area contributed by atoms with Gasteiger partial charge in [0.1, 0.15) is 11.3 Å². The van der Waals surface area contributed by atoms with Crippen molar-refractivity contribution in [3.05, 3.63) is 23.6 Å². The summed E-state index contributed by atoms with van der Waals surface area (Å²) in [5.74, 6) is 0.880. The molecule has 62 valence electrons. The molecule has 0 aliphatic carbocycles. The second-order valence-corrected chi connectivity index (χ2v) is 2.84. The Morgan fingerprint density at radius 1 is 1.33 bits per heavy atom. The van der Waals surface area contributed by atoms with Crippen molar-refractivity contribution < 1.29 is 9.52 Å². The van der Waals surface area contributed by atoms with E-state index in [1.807, 2.05) is 6.92 Å². The average Bonchev–Trinajstić information content (AvgIpc) is 2.30. The summed E-state index contributed by atoms with van der Waals surface area (Å²) in [5.41, 5.74) is 2.23. The zero-order chi connectivity index (χ0) is 8.72. The standard InChI is InChI=1S/C9H9NO2/c1-5-3-9-7(4-8(5)11)10-6(2)12-9/h3-4,11H,1-2H3. The number of hydrogen-bond donors (Lipinski definition) is 1. The molecular formula is C9H9NO2. The van der Waals surface area contributed by atoms with Crippen LogP contribution in [0.25, 0.3) is 11.1 Å². The van der Waals surface area contributed by atoms with Crippen molar-refractivity contribution in [2.75, 3.05) is 0 Å². The van der Waals surface area contributed by atoms with E-state index in [-0.39, 0.29) is 5.75 Å². The topological polar surface area (TPSA) is 46.3 Å². The summed E-state index contributed by atoms with van der Waals surface area (Å²) in [7, 11) is 0. The van der Waals surface area contributed by atoms with E-state index in [9.17, 15) is 5.11 Å². The number of phenolic OH excluding ortho intramolecular Hbond substituents is 1. The van der Waals surface area contributed by atoms with Gasteiger partial charge in [-0.25, -0.2) is 4.98 Å². The maximum Gasteiger partial charge on any atom is 0.192 e. The minimum absolute atomic E-state index is 0.260. The molecule has 0 spiro atoms. The van der Waals surface area contributed by atoms with Crippen molar-refractivity contribution in [2.24, 2.45) is 0 Å². The molecule has 0 bridgehead atoms. The number of aromatic nitrogens is 1. The summed E-state index contributed by atoms with van der Waals surface area (Å²) in [4.78, 5) is 4.09. The van der Waals surface area contributed by atoms with Crippen LogP contribution in [0.2, 0.25) is 0 Å². The third-order valence-electron chi connectivity index (χ3n) is 1.81. The molecule has 0 atom stereocenters. The summed E-state index contributed by atoms with van der Waals surface area (Å²) in [6.07, 6.45) is 0. The highest BCUT2D eigenvalue weighted by molar-refractivity contribution is 5.75. The average molecular weight is 163 g/mol. The van der Waals surface area contributed by atoms with Crippen LogP contribution in [-0.4, -0.2) is 10.1 Å². The van der Waals surface area contributed by atoms with Crippen molar-refractivity contribution in [1.82, 2.24) is 4.98 Å². The van der Waals surface area contributed by atoms with E-state index in [1.54, 1.807) is 19.1 Å². The van der Waals surface area contributed by atoms with E-state index in [1.165, 1.54) is 0 Å². The van der Waals surface area contributed by atoms with Crippen LogP contribution in [0, 0.1) is 13.8 Å². The molecule has 12 heavy (non-hydrogen) atoms. The van der Waals surface area contributed by atoms with Crippen molar-refractivity contribution in [2.45, 2.75) is 13.8 Å². The van der Waals surface area contributed by atoms with Crippen LogP contribution < -0.4 is 0 Å². The Hall–Kier alpha value is -1.51. The summed E-state index contributed by atoms with van der Waals surface area (Å²) < 4.78 is 5.28. The van der Waals surface area contributed by atoms with Gasteiger partial charge in [-0.05, 0) is 18.6 Å². The Morgan fingerprint density at radius 3 is 2.83 bits per heavy atom. The second-order valence-electron chi connectivity index (χ2n) is 2.84. The van der Waals surface area contributed by atoms with Gasteiger partial charge in [0.2, 0.25) is 0 Å². The number of hydrogen-bond acceptors (Lipinski definition) is 3. The Kier molecular flexibility index (Phi) is 1.33. The lowest BCUT2D eigenvalue weighted by Gasteiger charge is -1.94. The molecule has 1 N–H and O–H groups in total. The highest BCUT2D eigenvalue weighted by Crippen LogP contribution is 2.24. The molecule has 0 saturated heterocycles. The van der Waals surface area contributed by atoms with E-state index in [0.717, 1.165) is 11.1 Å². The number of aromatic hydroxyl groups is 1. The minimum atomic E-state index is 0.260. The van der Waals surface area contributed by atoms with E-state index >= 15 is 0 Å². The highest BCUT2D eigenvalue weighted by atomic mass is 16.3. The number of oxazole rings is 1. The molecule has 3 nitrogen and oxygen atoms in total. The fourth-order valence-electron chi connectivity index (χ4n) is 1.18. The fraction of sp³-hybridized carbons (Fsp3) is 0.222. The Morgan fingerprint density at radius 2 is 2.08 bits per heavy atom. The maximum atomic E-state index is 9.34. The number of rotatable bonds is 0. The van der Waals surface area contributed by atoms with Crippen LogP contribution >= 0.6 is 0 Å². The van der Waals surface area contributed by atoms with E-state index in [4.69, 9.17) is 4.42 Å². The van der Waals surface area contributed by atoms with E-state index in [0.29, 0.717) is 11.4 Å². The molecule has 2 aromatic rings. The maximum absolute atomic E-state index is 9.34. The number of fused-ring (bicyclic) bond motifs is 1. The normalized spacial score (nSPS) is 10.8. The molecule has 1 aromatic heterocycles. The molecule has 0 saturated carbocycles. The number of aryl methyl sites for hydroxylation is 2. The zero-order valence-corrected chi connectivity index (χ0v) is 6.96. The first kappa shape index (κ1) is 7.16. The van der Waals surface area contributed by atoms with Crippen LogP contribution in [0.1, 0.15) is 11.5 Å². The number of benzene rings is 1. The summed E-state index contributed by atoms with van der Waals surface area (Å²) in [6.45, 7) is 3.61. The van der Waals surface area contributed by atoms with Crippen molar-refractivity contribution >= 4 is 11.1 Å². The third kappa shape index (κ3) is 0.942. The predicted molar refractivity (Wildman–Crippen MR) is 45.1 cm³/mol. The Labute approximate surface area is 69.7 Å². The van der Waals surface area contributed by atoms with Crippen LogP contribution in [0.3, 0.4) is 0 Å². The Balaban J connectivity index is 2.83. The molecule has 1 aromatic carbocycles. The van der Waals surface area contributed by atoms with Gasteiger partial charge in [-0.2, -0.15) is 0 Å². The van der Waals surface area contributed by atoms with Crippen LogP contribution in [0.4, 0.5) is 0 Å². The second kappa shape index (κ2) is 2.24. The molecule has 0 radical (unpaired) electrons. The number of phenols is 1. The van der Waals surface area contributed by atoms with Crippen molar-refractivity contribution in [3.63, 3.8) is 0 Å². The minimum Gasteiger partial charge on any atom is -0.508 e. The lowest BCUT2D eigenvalue weighted by Crippen LogP contribution is -1.74. The first-order valence-electron chi connectivity index (χ1n) is 3.73. The molecule has 2 rings (SSSR count). The molecule has 1 heterocycles. The summed E-state index contributed by atoms with van der Waals surface area (Å²) in [5, 5.41) is 9.34. The van der Waals surface area contributed by atoms with Crippen LogP contribution in [-0.2, 0) is 0 Å². The Bertz CT molecular complexity index is 392. The van der Waals surface area contributed by atoms with Crippen molar-refractivity contribution in [3.8, 4) is 5.75 Å². The van der Waals surface area contributed by atoms with Crippen LogP contribution in [0.15, 0.2) is 16.5 Å². The van der Waals surface area contributed by atoms with Gasteiger partial charge in [-0.3, -0.25) is 0 Å². The largest absolute Gasteiger partial charge is 0.508 e. The van der Waals surface area contributed by atoms with E-state index < -0.39 is 0 Å². The molecule has 0 fully saturated rings. The monoisotopic (exact) mass is 163 g/mol.